The molecule has 110 valence electrons. The van der Waals surface area contributed by atoms with E-state index in [1.54, 1.807) is 0 Å². The number of rotatable bonds is 7. The molecule has 0 radical (unpaired) electrons. The second-order valence-electron chi connectivity index (χ2n) is 5.85. The topological polar surface area (TPSA) is 56.0 Å². The monoisotopic (exact) mass is 274 g/mol. The van der Waals surface area contributed by atoms with E-state index in [9.17, 15) is 4.79 Å². The van der Waals surface area contributed by atoms with Gasteiger partial charge in [0, 0.05) is 12.6 Å². The molecule has 20 heavy (non-hydrogen) atoms. The number of aryl methyl sites for hydroxylation is 1. The van der Waals surface area contributed by atoms with Gasteiger partial charge in [-0.3, -0.25) is 9.78 Å². The summed E-state index contributed by atoms with van der Waals surface area (Å²) in [7, 11) is 0. The van der Waals surface area contributed by atoms with Crippen LogP contribution in [0.2, 0.25) is 0 Å². The Labute approximate surface area is 122 Å². The number of hydrogen-bond acceptors (Lipinski definition) is 3. The highest BCUT2D eigenvalue weighted by Crippen LogP contribution is 2.32. The second-order valence-corrected chi connectivity index (χ2v) is 5.85. The minimum absolute atomic E-state index is 0.0373. The number of pyridine rings is 1. The molecular weight excluding hydrogens is 248 g/mol. The zero-order valence-corrected chi connectivity index (χ0v) is 12.5. The maximum absolute atomic E-state index is 12.5. The lowest BCUT2D eigenvalue weighted by Gasteiger charge is -2.23. The Balaban J connectivity index is 1.97. The zero-order valence-electron chi connectivity index (χ0n) is 12.5. The number of carbonyl (C=O) groups is 1. The minimum atomic E-state index is 0.0373. The first-order valence-corrected chi connectivity index (χ1v) is 7.92. The van der Waals surface area contributed by atoms with Crippen LogP contribution in [0.4, 0.5) is 0 Å². The molecule has 0 fully saturated rings. The van der Waals surface area contributed by atoms with Crippen molar-refractivity contribution in [2.24, 2.45) is 11.7 Å². The fourth-order valence-corrected chi connectivity index (χ4v) is 3.23. The largest absolute Gasteiger partial charge is 0.330 e. The molecule has 2 atom stereocenters. The van der Waals surface area contributed by atoms with Gasteiger partial charge in [-0.1, -0.05) is 19.4 Å². The van der Waals surface area contributed by atoms with Gasteiger partial charge in [-0.2, -0.15) is 0 Å². The first-order chi connectivity index (χ1) is 9.76. The number of Topliss-reactive ketones (excluding diaryl/α,β-unsaturated/α-hetero) is 1. The van der Waals surface area contributed by atoms with Crippen molar-refractivity contribution in [1.29, 1.82) is 0 Å². The predicted octanol–water partition coefficient (Wildman–Crippen LogP) is 3.23. The van der Waals surface area contributed by atoms with E-state index in [0.29, 0.717) is 18.1 Å². The number of carbonyl (C=O) groups excluding carboxylic acids is 1. The normalized spacial score (nSPS) is 19.4. The quantitative estimate of drug-likeness (QED) is 0.830. The molecule has 2 unspecified atom stereocenters. The van der Waals surface area contributed by atoms with Gasteiger partial charge in [0.15, 0.2) is 0 Å². The average molecular weight is 274 g/mol. The molecule has 3 heteroatoms. The second kappa shape index (κ2) is 7.53. The Morgan fingerprint density at radius 2 is 2.35 bits per heavy atom. The lowest BCUT2D eigenvalue weighted by atomic mass is 9.81. The summed E-state index contributed by atoms with van der Waals surface area (Å²) in [6.45, 7) is 2.91. The van der Waals surface area contributed by atoms with E-state index >= 15 is 0 Å². The third-order valence-electron chi connectivity index (χ3n) is 4.53. The molecule has 1 aliphatic carbocycles. The van der Waals surface area contributed by atoms with Gasteiger partial charge in [0.25, 0.3) is 0 Å². The highest BCUT2D eigenvalue weighted by Gasteiger charge is 2.27. The van der Waals surface area contributed by atoms with Gasteiger partial charge in [0.05, 0.1) is 11.6 Å². The molecule has 1 heterocycles. The van der Waals surface area contributed by atoms with Crippen molar-refractivity contribution in [3.63, 3.8) is 0 Å². The highest BCUT2D eigenvalue weighted by atomic mass is 16.1. The summed E-state index contributed by atoms with van der Waals surface area (Å²) in [6.07, 6.45) is 8.76. The van der Waals surface area contributed by atoms with Crippen LogP contribution in [0.3, 0.4) is 0 Å². The first-order valence-electron chi connectivity index (χ1n) is 7.92. The standard InChI is InChI=1S/C17H26N2O/c1-2-13(10-11-18)8-9-16(20)15-7-3-5-14-6-4-12-19-17(14)15/h4,6,12-13,15H,2-3,5,7-11,18H2,1H3. The molecule has 3 nitrogen and oxygen atoms in total. The Bertz CT molecular complexity index is 444. The summed E-state index contributed by atoms with van der Waals surface area (Å²) in [4.78, 5) is 17.0. The smallest absolute Gasteiger partial charge is 0.141 e. The van der Waals surface area contributed by atoms with E-state index in [1.807, 2.05) is 12.3 Å². The van der Waals surface area contributed by atoms with E-state index in [-0.39, 0.29) is 5.92 Å². The Kier molecular flexibility index (Phi) is 5.72. The van der Waals surface area contributed by atoms with Crippen LogP contribution < -0.4 is 5.73 Å². The van der Waals surface area contributed by atoms with Crippen LogP contribution in [0.5, 0.6) is 0 Å². The number of ketones is 1. The highest BCUT2D eigenvalue weighted by molar-refractivity contribution is 5.85. The summed E-state index contributed by atoms with van der Waals surface area (Å²) in [5.41, 5.74) is 7.93. The van der Waals surface area contributed by atoms with Gasteiger partial charge in [-0.25, -0.2) is 0 Å². The van der Waals surface area contributed by atoms with Crippen LogP contribution in [0.15, 0.2) is 18.3 Å². The molecule has 0 saturated carbocycles. The molecule has 0 saturated heterocycles. The Hall–Kier alpha value is -1.22. The third-order valence-corrected chi connectivity index (χ3v) is 4.53. The third kappa shape index (κ3) is 3.66. The molecule has 1 aromatic rings. The van der Waals surface area contributed by atoms with Gasteiger partial charge < -0.3 is 5.73 Å². The fourth-order valence-electron chi connectivity index (χ4n) is 3.23. The molecule has 2 N–H and O–H groups in total. The lowest BCUT2D eigenvalue weighted by molar-refractivity contribution is -0.121. The van der Waals surface area contributed by atoms with Gasteiger partial charge in [-0.05, 0) is 56.2 Å². The number of hydrogen-bond donors (Lipinski definition) is 1. The van der Waals surface area contributed by atoms with Crippen LogP contribution in [-0.4, -0.2) is 17.3 Å². The van der Waals surface area contributed by atoms with E-state index in [4.69, 9.17) is 5.73 Å². The van der Waals surface area contributed by atoms with E-state index in [1.165, 1.54) is 5.56 Å². The summed E-state index contributed by atoms with van der Waals surface area (Å²) in [6, 6.07) is 4.09. The Morgan fingerprint density at radius 1 is 1.50 bits per heavy atom. The van der Waals surface area contributed by atoms with Crippen molar-refractivity contribution in [3.05, 3.63) is 29.6 Å². The number of fused-ring (bicyclic) bond motifs is 1. The van der Waals surface area contributed by atoms with Crippen molar-refractivity contribution in [2.45, 2.75) is 57.8 Å². The zero-order chi connectivity index (χ0) is 14.4. The minimum Gasteiger partial charge on any atom is -0.330 e. The molecule has 0 aliphatic heterocycles. The van der Waals surface area contributed by atoms with E-state index < -0.39 is 0 Å². The summed E-state index contributed by atoms with van der Waals surface area (Å²) < 4.78 is 0. The Morgan fingerprint density at radius 3 is 3.10 bits per heavy atom. The van der Waals surface area contributed by atoms with Crippen LogP contribution in [-0.2, 0) is 11.2 Å². The lowest BCUT2D eigenvalue weighted by Crippen LogP contribution is -2.21. The van der Waals surface area contributed by atoms with Crippen molar-refractivity contribution < 1.29 is 4.79 Å². The molecule has 2 rings (SSSR count). The van der Waals surface area contributed by atoms with Crippen LogP contribution in [0.25, 0.3) is 0 Å². The van der Waals surface area contributed by atoms with Crippen molar-refractivity contribution in [1.82, 2.24) is 4.98 Å². The maximum atomic E-state index is 12.5. The van der Waals surface area contributed by atoms with Gasteiger partial charge >= 0.3 is 0 Å². The molecule has 1 aromatic heterocycles. The molecule has 1 aliphatic rings. The maximum Gasteiger partial charge on any atom is 0.141 e. The van der Waals surface area contributed by atoms with Gasteiger partial charge in [0.2, 0.25) is 0 Å². The van der Waals surface area contributed by atoms with Gasteiger partial charge in [0.1, 0.15) is 5.78 Å². The number of nitrogens with zero attached hydrogens (tertiary/aromatic N) is 1. The summed E-state index contributed by atoms with van der Waals surface area (Å²) in [5, 5.41) is 0. The fraction of sp³-hybridized carbons (Fsp3) is 0.647. The van der Waals surface area contributed by atoms with Crippen LogP contribution >= 0.6 is 0 Å². The van der Waals surface area contributed by atoms with Gasteiger partial charge in [-0.15, -0.1) is 0 Å². The average Bonchev–Trinajstić information content (AvgIpc) is 2.50. The van der Waals surface area contributed by atoms with Crippen molar-refractivity contribution in [2.75, 3.05) is 6.54 Å². The first kappa shape index (κ1) is 15.2. The molecule has 0 spiro atoms. The van der Waals surface area contributed by atoms with Crippen LogP contribution in [0.1, 0.15) is 62.6 Å². The number of aromatic nitrogens is 1. The van der Waals surface area contributed by atoms with Crippen molar-refractivity contribution >= 4 is 5.78 Å². The molecule has 0 bridgehead atoms. The molecule has 0 aromatic carbocycles. The van der Waals surface area contributed by atoms with Crippen LogP contribution in [0, 0.1) is 5.92 Å². The van der Waals surface area contributed by atoms with E-state index in [2.05, 4.69) is 18.0 Å². The summed E-state index contributed by atoms with van der Waals surface area (Å²) in [5.74, 6) is 1.01. The summed E-state index contributed by atoms with van der Waals surface area (Å²) >= 11 is 0. The molecular formula is C17H26N2O. The number of nitrogens with two attached hydrogens (primary N) is 1. The molecule has 0 amide bonds. The van der Waals surface area contributed by atoms with E-state index in [0.717, 1.165) is 50.8 Å². The van der Waals surface area contributed by atoms with Crippen molar-refractivity contribution in [3.8, 4) is 0 Å². The predicted molar refractivity (Wildman–Crippen MR) is 81.6 cm³/mol. The SMILES string of the molecule is CCC(CCN)CCC(=O)C1CCCc2cccnc21.